The molecule has 1 aromatic carbocycles. The van der Waals surface area contributed by atoms with Crippen molar-refractivity contribution in [1.82, 2.24) is 15.3 Å². The molecule has 26 heavy (non-hydrogen) atoms. The molecule has 2 aromatic heterocycles. The van der Waals surface area contributed by atoms with E-state index in [0.29, 0.717) is 18.7 Å². The van der Waals surface area contributed by atoms with Crippen LogP contribution in [0.25, 0.3) is 10.2 Å². The highest BCUT2D eigenvalue weighted by Crippen LogP contribution is 2.39. The lowest BCUT2D eigenvalue weighted by molar-refractivity contribution is -0.118. The van der Waals surface area contributed by atoms with Crippen LogP contribution in [0.5, 0.6) is 0 Å². The van der Waals surface area contributed by atoms with Crippen molar-refractivity contribution in [2.45, 2.75) is 30.7 Å². The van der Waals surface area contributed by atoms with Crippen molar-refractivity contribution >= 4 is 39.2 Å². The summed E-state index contributed by atoms with van der Waals surface area (Å²) in [5.41, 5.74) is 2.38. The quantitative estimate of drug-likeness (QED) is 0.517. The number of benzene rings is 1. The minimum absolute atomic E-state index is 0.0178. The van der Waals surface area contributed by atoms with Crippen LogP contribution in [0.15, 0.2) is 35.6 Å². The van der Waals surface area contributed by atoms with Crippen molar-refractivity contribution in [2.24, 2.45) is 0 Å². The highest BCUT2D eigenvalue weighted by Gasteiger charge is 2.21. The number of thioether (sulfide) groups is 1. The molecule has 2 heterocycles. The summed E-state index contributed by atoms with van der Waals surface area (Å²) in [6.45, 7) is 0.540. The van der Waals surface area contributed by atoms with E-state index in [0.717, 1.165) is 33.6 Å². The third-order valence-corrected chi connectivity index (χ3v) is 6.64. The second-order valence-corrected chi connectivity index (χ2v) is 8.28. The number of carbonyl (C=O) groups excluding carboxylic acids is 1. The number of amides is 1. The number of aryl methyl sites for hydroxylation is 2. The Bertz CT molecular complexity index is 940. The number of carbonyl (C=O) groups is 1. The van der Waals surface area contributed by atoms with Gasteiger partial charge >= 0.3 is 0 Å². The molecule has 0 aliphatic heterocycles. The zero-order valence-corrected chi connectivity index (χ0v) is 15.8. The van der Waals surface area contributed by atoms with Gasteiger partial charge in [-0.3, -0.25) is 4.79 Å². The lowest BCUT2D eigenvalue weighted by Gasteiger charge is -2.06. The van der Waals surface area contributed by atoms with Gasteiger partial charge in [-0.05, 0) is 48.9 Å². The highest BCUT2D eigenvalue weighted by molar-refractivity contribution is 8.00. The summed E-state index contributed by atoms with van der Waals surface area (Å²) < 4.78 is 12.9. The van der Waals surface area contributed by atoms with Gasteiger partial charge in [0, 0.05) is 16.8 Å². The molecular formula is C19H18FN3OS2. The Morgan fingerprint density at radius 1 is 1.23 bits per heavy atom. The van der Waals surface area contributed by atoms with E-state index in [1.807, 2.05) is 0 Å². The number of hydrogen-bond acceptors (Lipinski definition) is 5. The topological polar surface area (TPSA) is 54.9 Å². The molecule has 4 rings (SSSR count). The molecule has 1 N–H and O–H groups in total. The molecule has 0 saturated heterocycles. The lowest BCUT2D eigenvalue weighted by Crippen LogP contribution is -2.27. The van der Waals surface area contributed by atoms with Crippen LogP contribution in [0.1, 0.15) is 22.4 Å². The molecule has 0 bridgehead atoms. The average molecular weight is 388 g/mol. The molecule has 0 unspecified atom stereocenters. The van der Waals surface area contributed by atoms with Crippen LogP contribution >= 0.6 is 23.1 Å². The Morgan fingerprint density at radius 2 is 2.08 bits per heavy atom. The minimum Gasteiger partial charge on any atom is -0.355 e. The third kappa shape index (κ3) is 3.73. The number of halogens is 1. The molecular weight excluding hydrogens is 369 g/mol. The average Bonchev–Trinajstić information content (AvgIpc) is 3.22. The van der Waals surface area contributed by atoms with E-state index in [9.17, 15) is 9.18 Å². The predicted molar refractivity (Wildman–Crippen MR) is 103 cm³/mol. The zero-order chi connectivity index (χ0) is 17.9. The van der Waals surface area contributed by atoms with Crippen molar-refractivity contribution in [3.05, 3.63) is 52.4 Å². The van der Waals surface area contributed by atoms with Crippen molar-refractivity contribution in [2.75, 3.05) is 12.3 Å². The second kappa shape index (κ2) is 7.72. The monoisotopic (exact) mass is 387 g/mol. The van der Waals surface area contributed by atoms with Crippen molar-refractivity contribution in [3.63, 3.8) is 0 Å². The Kier molecular flexibility index (Phi) is 5.17. The normalized spacial score (nSPS) is 13.1. The van der Waals surface area contributed by atoms with Gasteiger partial charge in [0.1, 0.15) is 22.0 Å². The first-order chi connectivity index (χ1) is 12.7. The Balaban J connectivity index is 1.33. The van der Waals surface area contributed by atoms with Gasteiger partial charge in [-0.25, -0.2) is 14.4 Å². The SMILES string of the molecule is O=C(CSc1ncnc2sc3c(c12)CCC3)NCCc1ccc(F)cc1. The van der Waals surface area contributed by atoms with Crippen LogP contribution < -0.4 is 5.32 Å². The maximum atomic E-state index is 12.9. The number of nitrogens with zero attached hydrogens (tertiary/aromatic N) is 2. The standard InChI is InChI=1S/C19H18FN3OS2/c20-13-6-4-12(5-7-13)8-9-21-16(24)10-25-18-17-14-2-1-3-15(14)26-19(17)23-11-22-18/h4-7,11H,1-3,8-10H2,(H,21,24). The number of aromatic nitrogens is 2. The fourth-order valence-electron chi connectivity index (χ4n) is 3.19. The van der Waals surface area contributed by atoms with Crippen LogP contribution in [0, 0.1) is 5.82 Å². The predicted octanol–water partition coefficient (Wildman–Crippen LogP) is 3.77. The van der Waals surface area contributed by atoms with Gasteiger partial charge in [-0.2, -0.15) is 0 Å². The van der Waals surface area contributed by atoms with Gasteiger partial charge in [0.15, 0.2) is 0 Å². The highest BCUT2D eigenvalue weighted by atomic mass is 32.2. The Labute approximate surface area is 159 Å². The summed E-state index contributed by atoms with van der Waals surface area (Å²) in [6.07, 6.45) is 5.68. The molecule has 0 radical (unpaired) electrons. The van der Waals surface area contributed by atoms with Crippen LogP contribution in [-0.2, 0) is 24.1 Å². The molecule has 0 fully saturated rings. The second-order valence-electron chi connectivity index (χ2n) is 6.23. The number of hydrogen-bond donors (Lipinski definition) is 1. The first kappa shape index (κ1) is 17.4. The summed E-state index contributed by atoms with van der Waals surface area (Å²) >= 11 is 3.23. The van der Waals surface area contributed by atoms with Gasteiger partial charge < -0.3 is 5.32 Å². The van der Waals surface area contributed by atoms with E-state index < -0.39 is 0 Å². The number of nitrogens with one attached hydrogen (secondary N) is 1. The summed E-state index contributed by atoms with van der Waals surface area (Å²) in [4.78, 5) is 23.4. The van der Waals surface area contributed by atoms with Crippen LogP contribution in [-0.4, -0.2) is 28.2 Å². The maximum Gasteiger partial charge on any atom is 0.230 e. The molecule has 1 aliphatic carbocycles. The zero-order valence-electron chi connectivity index (χ0n) is 14.1. The number of fused-ring (bicyclic) bond motifs is 3. The molecule has 3 aromatic rings. The fourth-order valence-corrected chi connectivity index (χ4v) is 5.34. The van der Waals surface area contributed by atoms with E-state index in [4.69, 9.17) is 0 Å². The smallest absolute Gasteiger partial charge is 0.230 e. The van der Waals surface area contributed by atoms with Gasteiger partial charge in [0.25, 0.3) is 0 Å². The largest absolute Gasteiger partial charge is 0.355 e. The molecule has 134 valence electrons. The van der Waals surface area contributed by atoms with E-state index in [-0.39, 0.29) is 11.7 Å². The molecule has 1 aliphatic rings. The molecule has 0 atom stereocenters. The van der Waals surface area contributed by atoms with Gasteiger partial charge in [-0.15, -0.1) is 11.3 Å². The van der Waals surface area contributed by atoms with Crippen molar-refractivity contribution in [1.29, 1.82) is 0 Å². The number of thiophene rings is 1. The van der Waals surface area contributed by atoms with E-state index in [2.05, 4.69) is 15.3 Å². The summed E-state index contributed by atoms with van der Waals surface area (Å²) in [5, 5.41) is 4.97. The van der Waals surface area contributed by atoms with Crippen LogP contribution in [0.3, 0.4) is 0 Å². The first-order valence-corrected chi connectivity index (χ1v) is 10.4. The lowest BCUT2D eigenvalue weighted by atomic mass is 10.1. The molecule has 0 saturated carbocycles. The van der Waals surface area contributed by atoms with E-state index in [1.54, 1.807) is 29.8 Å². The summed E-state index contributed by atoms with van der Waals surface area (Å²) in [7, 11) is 0. The van der Waals surface area contributed by atoms with Gasteiger partial charge in [0.2, 0.25) is 5.91 Å². The van der Waals surface area contributed by atoms with Gasteiger partial charge in [0.05, 0.1) is 5.75 Å². The van der Waals surface area contributed by atoms with Crippen LogP contribution in [0.2, 0.25) is 0 Å². The van der Waals surface area contributed by atoms with Crippen LogP contribution in [0.4, 0.5) is 4.39 Å². The molecule has 7 heteroatoms. The minimum atomic E-state index is -0.245. The molecule has 4 nitrogen and oxygen atoms in total. The maximum absolute atomic E-state index is 12.9. The first-order valence-electron chi connectivity index (χ1n) is 8.60. The summed E-state index contributed by atoms with van der Waals surface area (Å²) in [6, 6.07) is 6.36. The van der Waals surface area contributed by atoms with E-state index in [1.165, 1.54) is 40.8 Å². The fraction of sp³-hybridized carbons (Fsp3) is 0.316. The van der Waals surface area contributed by atoms with Gasteiger partial charge in [-0.1, -0.05) is 23.9 Å². The Hall–Kier alpha value is -1.99. The number of rotatable bonds is 6. The van der Waals surface area contributed by atoms with E-state index >= 15 is 0 Å². The molecule has 1 amide bonds. The van der Waals surface area contributed by atoms with Crippen molar-refractivity contribution < 1.29 is 9.18 Å². The molecule has 0 spiro atoms. The third-order valence-electron chi connectivity index (χ3n) is 4.46. The van der Waals surface area contributed by atoms with Crippen molar-refractivity contribution in [3.8, 4) is 0 Å². The summed E-state index contributed by atoms with van der Waals surface area (Å²) in [5.74, 6) is 0.0705. The Morgan fingerprint density at radius 3 is 2.92 bits per heavy atom.